The van der Waals surface area contributed by atoms with Crippen molar-refractivity contribution < 1.29 is 19.4 Å². The van der Waals surface area contributed by atoms with E-state index in [4.69, 9.17) is 4.74 Å². The number of nitrogens with zero attached hydrogens (tertiary/aromatic N) is 1. The monoisotopic (exact) mass is 431 g/mol. The first-order valence-corrected chi connectivity index (χ1v) is 11.1. The zero-order valence-corrected chi connectivity index (χ0v) is 17.5. The molecular weight excluding hydrogens is 410 g/mol. The second kappa shape index (κ2) is 8.12. The Kier molecular flexibility index (Phi) is 5.16. The maximum absolute atomic E-state index is 13.1. The van der Waals surface area contributed by atoms with Crippen LogP contribution in [0, 0.1) is 0 Å². The molecule has 3 aromatic rings. The van der Waals surface area contributed by atoms with Gasteiger partial charge in [0.25, 0.3) is 0 Å². The number of fused-ring (bicyclic) bond motifs is 4. The molecule has 0 saturated carbocycles. The van der Waals surface area contributed by atoms with Crippen LogP contribution in [0.15, 0.2) is 77.7 Å². The number of carboxylic acid groups (broad SMARTS) is 1. The van der Waals surface area contributed by atoms with Crippen LogP contribution in [0.4, 0.5) is 10.5 Å². The molecule has 0 radical (unpaired) electrons. The summed E-state index contributed by atoms with van der Waals surface area (Å²) in [5.74, 6) is -0.884. The minimum atomic E-state index is -0.871. The molecule has 0 spiro atoms. The molecule has 1 aliphatic carbocycles. The molecule has 31 heavy (non-hydrogen) atoms. The van der Waals surface area contributed by atoms with Gasteiger partial charge < -0.3 is 9.84 Å². The van der Waals surface area contributed by atoms with Crippen molar-refractivity contribution in [2.75, 3.05) is 18.1 Å². The number of carbonyl (C=O) groups excluding carboxylic acids is 1. The van der Waals surface area contributed by atoms with Crippen molar-refractivity contribution in [3.05, 3.63) is 83.9 Å². The van der Waals surface area contributed by atoms with Crippen molar-refractivity contribution in [1.82, 2.24) is 0 Å². The normalized spacial score (nSPS) is 16.9. The van der Waals surface area contributed by atoms with E-state index < -0.39 is 12.1 Å². The van der Waals surface area contributed by atoms with Gasteiger partial charge in [-0.15, -0.1) is 11.8 Å². The van der Waals surface area contributed by atoms with Crippen LogP contribution in [-0.4, -0.2) is 35.6 Å². The summed E-state index contributed by atoms with van der Waals surface area (Å²) in [5, 5.41) is 9.01. The van der Waals surface area contributed by atoms with E-state index in [-0.39, 0.29) is 24.2 Å². The highest BCUT2D eigenvalue weighted by Crippen LogP contribution is 2.45. The van der Waals surface area contributed by atoms with Crippen molar-refractivity contribution in [2.24, 2.45) is 0 Å². The van der Waals surface area contributed by atoms with Gasteiger partial charge in [0.1, 0.15) is 6.61 Å². The van der Waals surface area contributed by atoms with Crippen molar-refractivity contribution >= 4 is 29.5 Å². The Hall–Kier alpha value is -3.25. The third-order valence-corrected chi connectivity index (χ3v) is 7.04. The smallest absolute Gasteiger partial charge is 0.414 e. The van der Waals surface area contributed by atoms with Crippen LogP contribution in [0.2, 0.25) is 0 Å². The number of hydrogen-bond acceptors (Lipinski definition) is 4. The Morgan fingerprint density at radius 3 is 2.23 bits per heavy atom. The number of para-hydroxylation sites is 1. The summed E-state index contributed by atoms with van der Waals surface area (Å²) in [6, 6.07) is 24.0. The summed E-state index contributed by atoms with van der Waals surface area (Å²) in [6.45, 7) is 0.549. The van der Waals surface area contributed by atoms with Gasteiger partial charge in [-0.1, -0.05) is 60.7 Å². The number of amides is 1. The highest BCUT2D eigenvalue weighted by Gasteiger charge is 2.33. The topological polar surface area (TPSA) is 66.8 Å². The van der Waals surface area contributed by atoms with E-state index in [0.717, 1.165) is 21.7 Å². The zero-order valence-electron chi connectivity index (χ0n) is 16.7. The van der Waals surface area contributed by atoms with Crippen LogP contribution >= 0.6 is 11.8 Å². The van der Waals surface area contributed by atoms with Gasteiger partial charge in [-0.3, -0.25) is 9.69 Å². The van der Waals surface area contributed by atoms with Crippen LogP contribution < -0.4 is 4.90 Å². The number of anilines is 1. The second-order valence-corrected chi connectivity index (χ2v) is 9.06. The molecule has 1 N–H and O–H groups in total. The average Bonchev–Trinajstić information content (AvgIpc) is 3.10. The lowest BCUT2D eigenvalue weighted by molar-refractivity contribution is -0.136. The Bertz CT molecular complexity index is 1120. The minimum absolute atomic E-state index is 0.00778. The average molecular weight is 432 g/mol. The first-order chi connectivity index (χ1) is 15.1. The number of carbonyl (C=O) groups is 2. The summed E-state index contributed by atoms with van der Waals surface area (Å²) in [6.07, 6.45) is -0.448. The predicted octanol–water partition coefficient (Wildman–Crippen LogP) is 5.39. The molecule has 0 aromatic heterocycles. The Morgan fingerprint density at radius 1 is 0.935 bits per heavy atom. The number of aliphatic carboxylic acids is 1. The van der Waals surface area contributed by atoms with E-state index in [9.17, 15) is 14.7 Å². The summed E-state index contributed by atoms with van der Waals surface area (Å²) in [5.41, 5.74) is 5.46. The summed E-state index contributed by atoms with van der Waals surface area (Å²) in [7, 11) is 0. The number of rotatable bonds is 4. The SMILES string of the molecule is O=C(O)CC1CN(C(=O)OCC2c3ccccc3-c3ccccc32)c2ccccc2S1. The van der Waals surface area contributed by atoms with Crippen LogP contribution in [-0.2, 0) is 9.53 Å². The fraction of sp³-hybridized carbons (Fsp3) is 0.200. The molecule has 1 amide bonds. The predicted molar refractivity (Wildman–Crippen MR) is 121 cm³/mol. The quantitative estimate of drug-likeness (QED) is 0.600. The highest BCUT2D eigenvalue weighted by atomic mass is 32.2. The maximum atomic E-state index is 13.1. The third kappa shape index (κ3) is 3.68. The first-order valence-electron chi connectivity index (χ1n) is 10.2. The lowest BCUT2D eigenvalue weighted by Gasteiger charge is -2.33. The Morgan fingerprint density at radius 2 is 1.55 bits per heavy atom. The lowest BCUT2D eigenvalue weighted by Crippen LogP contribution is -2.41. The van der Waals surface area contributed by atoms with Crippen molar-refractivity contribution in [3.63, 3.8) is 0 Å². The molecule has 0 fully saturated rings. The molecule has 156 valence electrons. The number of thioether (sulfide) groups is 1. The molecule has 5 nitrogen and oxygen atoms in total. The molecule has 3 aromatic carbocycles. The van der Waals surface area contributed by atoms with E-state index in [1.165, 1.54) is 22.9 Å². The molecule has 1 heterocycles. The fourth-order valence-corrected chi connectivity index (χ4v) is 5.71. The van der Waals surface area contributed by atoms with Gasteiger partial charge in [-0.2, -0.15) is 0 Å². The van der Waals surface area contributed by atoms with E-state index in [1.54, 1.807) is 4.90 Å². The van der Waals surface area contributed by atoms with E-state index in [1.807, 2.05) is 48.5 Å². The van der Waals surface area contributed by atoms with Gasteiger partial charge in [0.05, 0.1) is 12.1 Å². The zero-order chi connectivity index (χ0) is 21.4. The maximum Gasteiger partial charge on any atom is 0.414 e. The summed E-state index contributed by atoms with van der Waals surface area (Å²) >= 11 is 1.50. The van der Waals surface area contributed by atoms with Gasteiger partial charge in [0, 0.05) is 22.6 Å². The molecule has 1 unspecified atom stereocenters. The van der Waals surface area contributed by atoms with Crippen molar-refractivity contribution in [3.8, 4) is 11.1 Å². The fourth-order valence-electron chi connectivity index (χ4n) is 4.44. The number of benzene rings is 3. The van der Waals surface area contributed by atoms with Gasteiger partial charge in [-0.25, -0.2) is 4.79 Å². The van der Waals surface area contributed by atoms with Gasteiger partial charge in [-0.05, 0) is 34.4 Å². The molecular formula is C25H21NO4S. The molecule has 0 saturated heterocycles. The summed E-state index contributed by atoms with van der Waals surface area (Å²) < 4.78 is 5.82. The van der Waals surface area contributed by atoms with E-state index in [0.29, 0.717) is 6.54 Å². The van der Waals surface area contributed by atoms with E-state index in [2.05, 4.69) is 24.3 Å². The number of ether oxygens (including phenoxy) is 1. The largest absolute Gasteiger partial charge is 0.481 e. The number of hydrogen-bond donors (Lipinski definition) is 1. The molecule has 1 aliphatic heterocycles. The summed E-state index contributed by atoms with van der Waals surface area (Å²) in [4.78, 5) is 26.8. The molecule has 6 heteroatoms. The van der Waals surface area contributed by atoms with Crippen LogP contribution in [0.5, 0.6) is 0 Å². The van der Waals surface area contributed by atoms with Crippen molar-refractivity contribution in [2.45, 2.75) is 22.5 Å². The van der Waals surface area contributed by atoms with Crippen molar-refractivity contribution in [1.29, 1.82) is 0 Å². The second-order valence-electron chi connectivity index (χ2n) is 7.72. The van der Waals surface area contributed by atoms with Gasteiger partial charge in [0.15, 0.2) is 0 Å². The Balaban J connectivity index is 1.38. The standard InChI is InChI=1S/C25H21NO4S/c27-24(28)13-16-14-26(22-11-5-6-12-23(22)31-16)25(29)30-15-21-19-9-3-1-7-17(19)18-8-2-4-10-20(18)21/h1-12,16,21H,13-15H2,(H,27,28). The van der Waals surface area contributed by atoms with Gasteiger partial charge in [0.2, 0.25) is 0 Å². The molecule has 1 atom stereocenters. The van der Waals surface area contributed by atoms with E-state index >= 15 is 0 Å². The Labute approximate surface area is 184 Å². The highest BCUT2D eigenvalue weighted by molar-refractivity contribution is 8.00. The lowest BCUT2D eigenvalue weighted by atomic mass is 9.98. The number of carboxylic acids is 1. The van der Waals surface area contributed by atoms with Crippen LogP contribution in [0.25, 0.3) is 11.1 Å². The first kappa shape index (κ1) is 19.7. The molecule has 5 rings (SSSR count). The van der Waals surface area contributed by atoms with Gasteiger partial charge >= 0.3 is 12.1 Å². The molecule has 2 aliphatic rings. The van der Waals surface area contributed by atoms with Crippen LogP contribution in [0.1, 0.15) is 23.5 Å². The van der Waals surface area contributed by atoms with Crippen LogP contribution in [0.3, 0.4) is 0 Å². The third-order valence-electron chi connectivity index (χ3n) is 5.79. The minimum Gasteiger partial charge on any atom is -0.481 e. The molecule has 0 bridgehead atoms.